The quantitative estimate of drug-likeness (QED) is 0.887. The van der Waals surface area contributed by atoms with Crippen molar-refractivity contribution in [2.45, 2.75) is 12.8 Å². The van der Waals surface area contributed by atoms with Gasteiger partial charge >= 0.3 is 6.03 Å². The van der Waals surface area contributed by atoms with E-state index in [2.05, 4.69) is 21.2 Å². The molecule has 1 unspecified atom stereocenters. The molecule has 6 heteroatoms. The minimum Gasteiger partial charge on any atom is -0.495 e. The third-order valence-electron chi connectivity index (χ3n) is 3.47. The van der Waals surface area contributed by atoms with Crippen LogP contribution in [0, 0.1) is 5.92 Å². The van der Waals surface area contributed by atoms with Gasteiger partial charge in [-0.3, -0.25) is 0 Å². The van der Waals surface area contributed by atoms with Crippen LogP contribution in [-0.2, 0) is 0 Å². The Morgan fingerprint density at radius 3 is 3.10 bits per heavy atom. The number of nitrogens with one attached hydrogen (secondary N) is 1. The predicted octanol–water partition coefficient (Wildman–Crippen LogP) is 2.69. The Kier molecular flexibility index (Phi) is 5.25. The number of hydrogen-bond acceptors (Lipinski definition) is 3. The maximum atomic E-state index is 12.3. The third-order valence-corrected chi connectivity index (χ3v) is 3.96. The number of aliphatic hydroxyl groups excluding tert-OH is 1. The zero-order valence-electron chi connectivity index (χ0n) is 11.4. The van der Waals surface area contributed by atoms with E-state index in [1.54, 1.807) is 18.1 Å². The average molecular weight is 343 g/mol. The number of ether oxygens (including phenoxy) is 1. The second kappa shape index (κ2) is 6.95. The Balaban J connectivity index is 2.05. The number of amides is 2. The Morgan fingerprint density at radius 2 is 2.40 bits per heavy atom. The van der Waals surface area contributed by atoms with Crippen LogP contribution in [0.5, 0.6) is 5.75 Å². The van der Waals surface area contributed by atoms with Crippen LogP contribution in [-0.4, -0.2) is 42.8 Å². The SMILES string of the molecule is COc1ccc(Br)cc1NC(=O)N1CCCC(CO)C1. The number of likely N-dealkylation sites (tertiary alicyclic amines) is 1. The van der Waals surface area contributed by atoms with E-state index in [0.29, 0.717) is 18.0 Å². The second-order valence-corrected chi connectivity index (χ2v) is 5.83. The highest BCUT2D eigenvalue weighted by Gasteiger charge is 2.23. The molecule has 0 bridgehead atoms. The molecule has 1 saturated heterocycles. The number of hydrogen-bond donors (Lipinski definition) is 2. The van der Waals surface area contributed by atoms with Gasteiger partial charge in [-0.2, -0.15) is 0 Å². The van der Waals surface area contributed by atoms with Crippen molar-refractivity contribution >= 4 is 27.6 Å². The van der Waals surface area contributed by atoms with Gasteiger partial charge in [0.25, 0.3) is 0 Å². The lowest BCUT2D eigenvalue weighted by atomic mass is 9.99. The summed E-state index contributed by atoms with van der Waals surface area (Å²) in [5.74, 6) is 0.802. The number of nitrogens with zero attached hydrogens (tertiary/aromatic N) is 1. The highest BCUT2D eigenvalue weighted by molar-refractivity contribution is 9.10. The summed E-state index contributed by atoms with van der Waals surface area (Å²) in [7, 11) is 1.57. The van der Waals surface area contributed by atoms with Crippen molar-refractivity contribution in [1.29, 1.82) is 0 Å². The molecule has 1 aliphatic rings. The number of methoxy groups -OCH3 is 1. The zero-order valence-corrected chi connectivity index (χ0v) is 13.0. The minimum absolute atomic E-state index is 0.129. The molecule has 1 aliphatic heterocycles. The number of carbonyl (C=O) groups excluding carboxylic acids is 1. The lowest BCUT2D eigenvalue weighted by Gasteiger charge is -2.32. The molecule has 1 aromatic rings. The topological polar surface area (TPSA) is 61.8 Å². The van der Waals surface area contributed by atoms with E-state index in [4.69, 9.17) is 4.74 Å². The standard InChI is InChI=1S/C14H19BrN2O3/c1-20-13-5-4-11(15)7-12(13)16-14(19)17-6-2-3-10(8-17)9-18/h4-5,7,10,18H,2-3,6,8-9H2,1H3,(H,16,19). The number of piperidine rings is 1. The van der Waals surface area contributed by atoms with Crippen molar-refractivity contribution < 1.29 is 14.6 Å². The fourth-order valence-electron chi connectivity index (χ4n) is 2.37. The van der Waals surface area contributed by atoms with Crippen molar-refractivity contribution in [2.75, 3.05) is 32.1 Å². The summed E-state index contributed by atoms with van der Waals surface area (Å²) in [6.45, 7) is 1.45. The van der Waals surface area contributed by atoms with Crippen LogP contribution in [0.3, 0.4) is 0 Å². The van der Waals surface area contributed by atoms with Gasteiger partial charge in [0.05, 0.1) is 12.8 Å². The summed E-state index contributed by atoms with van der Waals surface area (Å²) < 4.78 is 6.11. The van der Waals surface area contributed by atoms with E-state index in [9.17, 15) is 9.90 Å². The largest absolute Gasteiger partial charge is 0.495 e. The first kappa shape index (κ1) is 15.1. The number of anilines is 1. The fourth-order valence-corrected chi connectivity index (χ4v) is 2.73. The van der Waals surface area contributed by atoms with E-state index in [-0.39, 0.29) is 18.6 Å². The molecule has 2 rings (SSSR count). The van der Waals surface area contributed by atoms with E-state index in [1.165, 1.54) is 0 Å². The number of rotatable bonds is 3. The second-order valence-electron chi connectivity index (χ2n) is 4.91. The van der Waals surface area contributed by atoms with Crippen molar-refractivity contribution in [3.8, 4) is 5.75 Å². The molecule has 0 saturated carbocycles. The molecule has 0 radical (unpaired) electrons. The first-order chi connectivity index (χ1) is 9.63. The molecule has 20 heavy (non-hydrogen) atoms. The first-order valence-electron chi connectivity index (χ1n) is 6.64. The Labute approximate surface area is 127 Å². The Morgan fingerprint density at radius 1 is 1.60 bits per heavy atom. The summed E-state index contributed by atoms with van der Waals surface area (Å²) in [4.78, 5) is 14.0. The van der Waals surface area contributed by atoms with Gasteiger partial charge in [-0.1, -0.05) is 15.9 Å². The van der Waals surface area contributed by atoms with Crippen LogP contribution in [0.1, 0.15) is 12.8 Å². The third kappa shape index (κ3) is 3.64. The van der Waals surface area contributed by atoms with Crippen molar-refractivity contribution in [3.63, 3.8) is 0 Å². The number of benzene rings is 1. The van der Waals surface area contributed by atoms with Gasteiger partial charge in [0.15, 0.2) is 0 Å². The lowest BCUT2D eigenvalue weighted by Crippen LogP contribution is -2.43. The maximum Gasteiger partial charge on any atom is 0.321 e. The number of aliphatic hydroxyl groups is 1. The van der Waals surface area contributed by atoms with E-state index < -0.39 is 0 Å². The fraction of sp³-hybridized carbons (Fsp3) is 0.500. The van der Waals surface area contributed by atoms with Crippen molar-refractivity contribution in [3.05, 3.63) is 22.7 Å². The maximum absolute atomic E-state index is 12.3. The average Bonchev–Trinajstić information content (AvgIpc) is 2.47. The molecule has 1 heterocycles. The minimum atomic E-state index is -0.153. The monoisotopic (exact) mass is 342 g/mol. The number of carbonyl (C=O) groups is 1. The van der Waals surface area contributed by atoms with Gasteiger partial charge in [-0.15, -0.1) is 0 Å². The van der Waals surface area contributed by atoms with Gasteiger partial charge in [0, 0.05) is 24.2 Å². The molecule has 0 spiro atoms. The Bertz CT molecular complexity index is 481. The molecule has 1 fully saturated rings. The van der Waals surface area contributed by atoms with Crippen molar-refractivity contribution in [1.82, 2.24) is 4.90 Å². The predicted molar refractivity (Wildman–Crippen MR) is 81.1 cm³/mol. The van der Waals surface area contributed by atoms with Gasteiger partial charge in [-0.05, 0) is 37.0 Å². The highest BCUT2D eigenvalue weighted by Crippen LogP contribution is 2.28. The van der Waals surface area contributed by atoms with E-state index in [0.717, 1.165) is 23.9 Å². The Hall–Kier alpha value is -1.27. The zero-order chi connectivity index (χ0) is 14.5. The molecule has 1 aromatic carbocycles. The molecule has 2 N–H and O–H groups in total. The van der Waals surface area contributed by atoms with Gasteiger partial charge in [-0.25, -0.2) is 4.79 Å². The van der Waals surface area contributed by atoms with Gasteiger partial charge in [0.2, 0.25) is 0 Å². The van der Waals surface area contributed by atoms with Crippen LogP contribution in [0.15, 0.2) is 22.7 Å². The summed E-state index contributed by atoms with van der Waals surface area (Å²) in [6.07, 6.45) is 1.90. The van der Waals surface area contributed by atoms with Crippen LogP contribution in [0.4, 0.5) is 10.5 Å². The molecule has 5 nitrogen and oxygen atoms in total. The van der Waals surface area contributed by atoms with Crippen molar-refractivity contribution in [2.24, 2.45) is 5.92 Å². The molecule has 0 aliphatic carbocycles. The van der Waals surface area contributed by atoms with Crippen LogP contribution >= 0.6 is 15.9 Å². The molecular formula is C14H19BrN2O3. The normalized spacial score (nSPS) is 18.8. The van der Waals surface area contributed by atoms with Crippen LogP contribution in [0.25, 0.3) is 0 Å². The lowest BCUT2D eigenvalue weighted by molar-refractivity contribution is 0.136. The molecule has 110 valence electrons. The summed E-state index contributed by atoms with van der Waals surface area (Å²) in [5, 5.41) is 12.1. The van der Waals surface area contributed by atoms with Crippen LogP contribution in [0.2, 0.25) is 0 Å². The highest BCUT2D eigenvalue weighted by atomic mass is 79.9. The molecule has 0 aromatic heterocycles. The summed E-state index contributed by atoms with van der Waals surface area (Å²) in [5.41, 5.74) is 0.637. The first-order valence-corrected chi connectivity index (χ1v) is 7.43. The number of urea groups is 1. The molecule has 1 atom stereocenters. The number of halogens is 1. The molecule has 2 amide bonds. The van der Waals surface area contributed by atoms with E-state index in [1.807, 2.05) is 12.1 Å². The smallest absolute Gasteiger partial charge is 0.321 e. The summed E-state index contributed by atoms with van der Waals surface area (Å²) >= 11 is 3.38. The van der Waals surface area contributed by atoms with Gasteiger partial charge in [0.1, 0.15) is 5.75 Å². The van der Waals surface area contributed by atoms with E-state index >= 15 is 0 Å². The van der Waals surface area contributed by atoms with Gasteiger partial charge < -0.3 is 20.1 Å². The molecular weight excluding hydrogens is 324 g/mol. The summed E-state index contributed by atoms with van der Waals surface area (Å²) in [6, 6.07) is 5.31. The van der Waals surface area contributed by atoms with Crippen LogP contribution < -0.4 is 10.1 Å².